The van der Waals surface area contributed by atoms with Gasteiger partial charge in [0.15, 0.2) is 0 Å². The quantitative estimate of drug-likeness (QED) is 0.0587. The van der Waals surface area contributed by atoms with Crippen molar-refractivity contribution in [2.75, 3.05) is 0 Å². The molecule has 4 aromatic carbocycles. The van der Waals surface area contributed by atoms with Crippen molar-refractivity contribution in [1.82, 2.24) is 0 Å². The Morgan fingerprint density at radius 1 is 0.481 bits per heavy atom. The van der Waals surface area contributed by atoms with Crippen LogP contribution >= 0.6 is 7.92 Å². The second kappa shape index (κ2) is 72.3. The zero-order valence-electron chi connectivity index (χ0n) is 57.8. The Hall–Kier alpha value is 0.184. The van der Waals surface area contributed by atoms with E-state index >= 15 is 0 Å². The number of nitrogens with zero attached hydrogens (tertiary/aromatic N) is 3. The molecule has 452 valence electrons. The maximum absolute atomic E-state index is 5.05. The topological polar surface area (TPSA) is 40.6 Å². The average molecular weight is 1360 g/mol. The summed E-state index contributed by atoms with van der Waals surface area (Å²) in [5, 5.41) is 12.7. The first-order chi connectivity index (χ1) is 34.4. The summed E-state index contributed by atoms with van der Waals surface area (Å²) in [6.07, 6.45) is 2.17. The molecule has 13 heteroatoms. The molecule has 0 spiro atoms. The van der Waals surface area contributed by atoms with E-state index in [1.54, 1.807) is 0 Å². The summed E-state index contributed by atoms with van der Waals surface area (Å²) in [5.74, 6) is -0.0463. The van der Waals surface area contributed by atoms with Crippen LogP contribution in [0, 0.1) is 27.1 Å². The summed E-state index contributed by atoms with van der Waals surface area (Å²) in [4.78, 5) is 4.51. The summed E-state index contributed by atoms with van der Waals surface area (Å²) in [6.45, 7) is 74.7. The molecule has 0 fully saturated rings. The van der Waals surface area contributed by atoms with Crippen LogP contribution in [0.1, 0.15) is 108 Å². The molecule has 4 aromatic rings. The predicted octanol–water partition coefficient (Wildman–Crippen LogP) is 19.0. The van der Waals surface area contributed by atoms with Crippen molar-refractivity contribution in [3.8, 4) is 0 Å². The second-order valence-electron chi connectivity index (χ2n) is 21.1. The average Bonchev–Trinajstić information content (AvgIpc) is 3.34. The molecule has 1 unspecified atom stereocenters. The van der Waals surface area contributed by atoms with E-state index in [0.29, 0.717) is 12.6 Å². The summed E-state index contributed by atoms with van der Waals surface area (Å²) >= 11 is 0. The third-order valence-corrected chi connectivity index (χ3v) is 8.58. The minimum Gasteiger partial charge on any atom is -0.671 e. The van der Waals surface area contributed by atoms with Gasteiger partial charge in [-0.25, -0.2) is 5.91 Å². The van der Waals surface area contributed by atoms with Gasteiger partial charge in [0.05, 0.1) is 0 Å². The number of hydrogen-bond donors (Lipinski definition) is 0. The van der Waals surface area contributed by atoms with E-state index in [-0.39, 0.29) is 71.8 Å². The van der Waals surface area contributed by atoms with Crippen molar-refractivity contribution in [2.45, 2.75) is 232 Å². The third kappa shape index (κ3) is 108. The molecule has 0 aliphatic rings. The van der Waals surface area contributed by atoms with E-state index < -0.39 is 40.2 Å². The Morgan fingerprint density at radius 2 is 0.714 bits per heavy atom. The summed E-state index contributed by atoms with van der Waals surface area (Å²) in [6, 6.07) is 43.1. The van der Waals surface area contributed by atoms with Gasteiger partial charge in [0, 0.05) is 72.2 Å². The van der Waals surface area contributed by atoms with E-state index in [1.807, 2.05) is 61.5 Å². The monoisotopic (exact) mass is 1350 g/mol. The summed E-state index contributed by atoms with van der Waals surface area (Å²) in [7, 11) is 0.0458. The van der Waals surface area contributed by atoms with Gasteiger partial charge in [-0.1, -0.05) is 309 Å². The van der Waals surface area contributed by atoms with E-state index in [9.17, 15) is 0 Å². The molecule has 0 bridgehead atoms. The smallest absolute Gasteiger partial charge is 0.0442 e. The number of benzene rings is 4. The van der Waals surface area contributed by atoms with E-state index in [1.165, 1.54) is 58.2 Å². The van der Waals surface area contributed by atoms with Gasteiger partial charge in [0.2, 0.25) is 0 Å². The SMILES string of the molecule is CC.CC.CC.CC.CC(C)[N-]C([N-]Cc1ccccc1)P(c1ccccc1)c1ccccc1.CC(CCc1ccccc1)=NC(C)C.C[SiH3].C[SiH3].C[SiH3].C[Si](C)(C)C.[CH2-][Si](C)(C)C.[CH2-][Si](C)(C)C.[CH2-][Si](C)(C)C.[CH3-].[Zr].[Zr]. The largest absolute Gasteiger partial charge is 0.671 e. The fourth-order valence-electron chi connectivity index (χ4n) is 4.30. The van der Waals surface area contributed by atoms with Gasteiger partial charge in [-0.3, -0.25) is 4.99 Å². The zero-order valence-corrected chi connectivity index (χ0v) is 73.6. The van der Waals surface area contributed by atoms with Crippen molar-refractivity contribution in [2.24, 2.45) is 4.99 Å². The van der Waals surface area contributed by atoms with E-state index in [2.05, 4.69) is 279 Å². The normalized spacial score (nSPS) is 10.2. The Balaban J connectivity index is -0.0000000706. The molecule has 0 aliphatic carbocycles. The maximum Gasteiger partial charge on any atom is 0.0442 e. The van der Waals surface area contributed by atoms with Crippen LogP contribution in [0.25, 0.3) is 10.6 Å². The molecule has 0 radical (unpaired) electrons. The first-order valence-corrected chi connectivity index (χ1v) is 51.4. The molecular weight excluding hydrogens is 1220 g/mol. The molecule has 0 saturated carbocycles. The molecule has 3 nitrogen and oxygen atoms in total. The summed E-state index contributed by atoms with van der Waals surface area (Å²) < 4.78 is 0. The Labute approximate surface area is 541 Å². The second-order valence-corrected chi connectivity index (χ2v) is 44.7. The molecule has 77 heavy (non-hydrogen) atoms. The molecule has 0 amide bonds. The molecule has 4 rings (SSSR count). The Morgan fingerprint density at radius 3 is 0.948 bits per heavy atom. The molecular formula is C64H134N3PSi7Zr2-6. The van der Waals surface area contributed by atoms with Crippen molar-refractivity contribution in [1.29, 1.82) is 0 Å². The molecule has 0 saturated heterocycles. The first-order valence-electron chi connectivity index (χ1n) is 28.9. The van der Waals surface area contributed by atoms with Crippen molar-refractivity contribution in [3.05, 3.63) is 170 Å². The van der Waals surface area contributed by atoms with Gasteiger partial charge in [-0.05, 0) is 80.5 Å². The maximum atomic E-state index is 5.05. The number of rotatable bonds is 12. The molecule has 0 N–H and O–H groups in total. The standard InChI is InChI=1S/C23H25N2P.C13H19N.C4H12Si.3C4H11Si.4C2H6.3CH6Si.CH3.2Zr/c1-19(2)25-23(24-18-20-12-6-3-7-13-20)26(21-14-8-4-9-15-21)22-16-10-5-11-17-22;1-11(2)14-12(3)9-10-13-7-5-4-6-8-13;4*1-5(2,3)4;7*1-2;;;/h3-17,19,23H,18H2,1-2H3;4-8,11H,9-10H2,1-3H3;1-4H3;3*1H2,2-4H3;7*1-2H3;1H3;;/q-2;;;3*-1;;;;;;;;-1;;. The summed E-state index contributed by atoms with van der Waals surface area (Å²) in [5.41, 5.74) is 3.88. The Kier molecular flexibility index (Phi) is 99.0. The van der Waals surface area contributed by atoms with Crippen molar-refractivity contribution < 1.29 is 52.4 Å². The minimum absolute atomic E-state index is 0. The number of aryl methyl sites for hydroxylation is 1. The van der Waals surface area contributed by atoms with Gasteiger partial charge < -0.3 is 37.7 Å². The van der Waals surface area contributed by atoms with Gasteiger partial charge in [-0.2, -0.15) is 0 Å². The minimum atomic E-state index is -0.861. The van der Waals surface area contributed by atoms with Crippen LogP contribution in [-0.2, 0) is 65.4 Å². The van der Waals surface area contributed by atoms with Crippen LogP contribution in [0.3, 0.4) is 0 Å². The van der Waals surface area contributed by atoms with Crippen molar-refractivity contribution >= 4 is 87.3 Å². The van der Waals surface area contributed by atoms with Crippen LogP contribution in [0.5, 0.6) is 0 Å². The van der Waals surface area contributed by atoms with Crippen LogP contribution in [0.2, 0.25) is 105 Å². The molecule has 0 aliphatic heterocycles. The fraction of sp³-hybridized carbons (Fsp3) is 0.547. The molecule has 0 heterocycles. The van der Waals surface area contributed by atoms with Gasteiger partial charge in [0.25, 0.3) is 0 Å². The van der Waals surface area contributed by atoms with Gasteiger partial charge in [0.1, 0.15) is 0 Å². The number of aliphatic imine (C=N–C) groups is 1. The van der Waals surface area contributed by atoms with Crippen molar-refractivity contribution in [3.63, 3.8) is 0 Å². The van der Waals surface area contributed by atoms with Crippen LogP contribution in [0.15, 0.2) is 126 Å². The van der Waals surface area contributed by atoms with Gasteiger partial charge in [-0.15, -0.1) is 36.8 Å². The van der Waals surface area contributed by atoms with Crippen LogP contribution in [0.4, 0.5) is 0 Å². The molecule has 0 aromatic heterocycles. The third-order valence-electron chi connectivity index (χ3n) is 6.11. The Bertz CT molecular complexity index is 1520. The zero-order chi connectivity index (χ0) is 60.6. The molecule has 1 atom stereocenters. The fourth-order valence-corrected chi connectivity index (χ4v) is 6.76. The van der Waals surface area contributed by atoms with Crippen LogP contribution in [-0.4, -0.2) is 86.7 Å². The predicted molar refractivity (Wildman–Crippen MR) is 392 cm³/mol. The first kappa shape index (κ1) is 105. The van der Waals surface area contributed by atoms with Crippen LogP contribution < -0.4 is 10.6 Å². The van der Waals surface area contributed by atoms with E-state index in [0.717, 1.165) is 12.8 Å². The number of hydrogen-bond acceptors (Lipinski definition) is 1. The van der Waals surface area contributed by atoms with Gasteiger partial charge >= 0.3 is 0 Å². The van der Waals surface area contributed by atoms with E-state index in [4.69, 9.17) is 10.6 Å².